The van der Waals surface area contributed by atoms with Crippen LogP contribution in [-0.2, 0) is 5.60 Å². The van der Waals surface area contributed by atoms with E-state index in [-0.39, 0.29) is 0 Å². The van der Waals surface area contributed by atoms with Crippen LogP contribution in [-0.4, -0.2) is 18.2 Å². The fraction of sp³-hybridized carbons (Fsp3) is 0.500. The molecular formula is C12H17NO. The molecule has 14 heavy (non-hydrogen) atoms. The molecule has 76 valence electrons. The quantitative estimate of drug-likeness (QED) is 0.706. The molecule has 2 rings (SSSR count). The third-order valence-corrected chi connectivity index (χ3v) is 2.92. The molecule has 1 saturated heterocycles. The van der Waals surface area contributed by atoms with Crippen LogP contribution in [0, 0.1) is 6.92 Å². The SMILES string of the molecule is Cc1cccc([C@]2(O)CCCNC2)c1. The second kappa shape index (κ2) is 3.71. The fourth-order valence-electron chi connectivity index (χ4n) is 2.07. The average molecular weight is 191 g/mol. The van der Waals surface area contributed by atoms with E-state index in [0.717, 1.165) is 24.9 Å². The van der Waals surface area contributed by atoms with Crippen LogP contribution in [0.3, 0.4) is 0 Å². The highest BCUT2D eigenvalue weighted by Crippen LogP contribution is 2.28. The van der Waals surface area contributed by atoms with E-state index >= 15 is 0 Å². The molecule has 0 aromatic heterocycles. The summed E-state index contributed by atoms with van der Waals surface area (Å²) < 4.78 is 0. The van der Waals surface area contributed by atoms with Gasteiger partial charge in [0, 0.05) is 6.54 Å². The van der Waals surface area contributed by atoms with Gasteiger partial charge in [-0.3, -0.25) is 0 Å². The molecular weight excluding hydrogens is 174 g/mol. The van der Waals surface area contributed by atoms with Crippen molar-refractivity contribution < 1.29 is 5.11 Å². The standard InChI is InChI=1S/C12H17NO/c1-10-4-2-5-11(8-10)12(14)6-3-7-13-9-12/h2,4-5,8,13-14H,3,6-7,9H2,1H3/t12-/m0/s1. The zero-order valence-electron chi connectivity index (χ0n) is 8.59. The van der Waals surface area contributed by atoms with Crippen molar-refractivity contribution in [3.8, 4) is 0 Å². The van der Waals surface area contributed by atoms with Crippen LogP contribution in [0.1, 0.15) is 24.0 Å². The molecule has 0 unspecified atom stereocenters. The Morgan fingerprint density at radius 2 is 2.29 bits per heavy atom. The predicted octanol–water partition coefficient (Wildman–Crippen LogP) is 1.57. The molecule has 1 aromatic carbocycles. The lowest BCUT2D eigenvalue weighted by Crippen LogP contribution is -2.43. The van der Waals surface area contributed by atoms with Crippen LogP contribution in [0.2, 0.25) is 0 Å². The second-order valence-electron chi connectivity index (χ2n) is 4.18. The van der Waals surface area contributed by atoms with Crippen LogP contribution in [0.4, 0.5) is 0 Å². The van der Waals surface area contributed by atoms with Gasteiger partial charge < -0.3 is 10.4 Å². The Balaban J connectivity index is 2.28. The van der Waals surface area contributed by atoms with E-state index in [2.05, 4.69) is 24.4 Å². The smallest absolute Gasteiger partial charge is 0.102 e. The van der Waals surface area contributed by atoms with E-state index in [1.165, 1.54) is 5.56 Å². The first kappa shape index (κ1) is 9.69. The van der Waals surface area contributed by atoms with Gasteiger partial charge in [0.05, 0.1) is 0 Å². The summed E-state index contributed by atoms with van der Waals surface area (Å²) >= 11 is 0. The van der Waals surface area contributed by atoms with Gasteiger partial charge in [0.2, 0.25) is 0 Å². The van der Waals surface area contributed by atoms with E-state index in [0.29, 0.717) is 6.54 Å². The Hall–Kier alpha value is -0.860. The molecule has 0 saturated carbocycles. The first-order chi connectivity index (χ1) is 6.71. The maximum absolute atomic E-state index is 10.4. The van der Waals surface area contributed by atoms with Crippen molar-refractivity contribution in [3.05, 3.63) is 35.4 Å². The molecule has 0 amide bonds. The van der Waals surface area contributed by atoms with Gasteiger partial charge in [-0.2, -0.15) is 0 Å². The number of nitrogens with one attached hydrogen (secondary N) is 1. The zero-order valence-corrected chi connectivity index (χ0v) is 8.59. The molecule has 1 fully saturated rings. The van der Waals surface area contributed by atoms with E-state index in [9.17, 15) is 5.11 Å². The van der Waals surface area contributed by atoms with Crippen molar-refractivity contribution in [2.24, 2.45) is 0 Å². The Bertz CT molecular complexity index is 316. The van der Waals surface area contributed by atoms with Gasteiger partial charge in [-0.05, 0) is 31.9 Å². The summed E-state index contributed by atoms with van der Waals surface area (Å²) in [5, 5.41) is 13.6. The molecule has 1 aromatic rings. The topological polar surface area (TPSA) is 32.3 Å². The maximum atomic E-state index is 10.4. The van der Waals surface area contributed by atoms with Crippen LogP contribution in [0.5, 0.6) is 0 Å². The second-order valence-corrected chi connectivity index (χ2v) is 4.18. The summed E-state index contributed by atoms with van der Waals surface area (Å²) in [5.74, 6) is 0. The van der Waals surface area contributed by atoms with E-state index < -0.39 is 5.60 Å². The Morgan fingerprint density at radius 3 is 2.93 bits per heavy atom. The Morgan fingerprint density at radius 1 is 1.43 bits per heavy atom. The van der Waals surface area contributed by atoms with Crippen molar-refractivity contribution in [3.63, 3.8) is 0 Å². The lowest BCUT2D eigenvalue weighted by molar-refractivity contribution is 0.0122. The van der Waals surface area contributed by atoms with Gasteiger partial charge in [0.25, 0.3) is 0 Å². The number of rotatable bonds is 1. The molecule has 1 atom stereocenters. The number of aliphatic hydroxyl groups is 1. The number of aryl methyl sites for hydroxylation is 1. The largest absolute Gasteiger partial charge is 0.384 e. The lowest BCUT2D eigenvalue weighted by atomic mass is 9.86. The summed E-state index contributed by atoms with van der Waals surface area (Å²) in [6, 6.07) is 8.16. The molecule has 1 aliphatic rings. The van der Waals surface area contributed by atoms with Gasteiger partial charge in [0.1, 0.15) is 5.60 Å². The van der Waals surface area contributed by atoms with Crippen molar-refractivity contribution in [2.45, 2.75) is 25.4 Å². The highest BCUT2D eigenvalue weighted by atomic mass is 16.3. The molecule has 0 aliphatic carbocycles. The van der Waals surface area contributed by atoms with Crippen molar-refractivity contribution in [1.29, 1.82) is 0 Å². The van der Waals surface area contributed by atoms with Crippen LogP contribution in [0.25, 0.3) is 0 Å². The number of hydrogen-bond acceptors (Lipinski definition) is 2. The van der Waals surface area contributed by atoms with Crippen LogP contribution in [0.15, 0.2) is 24.3 Å². The molecule has 1 aliphatic heterocycles. The van der Waals surface area contributed by atoms with Gasteiger partial charge in [-0.15, -0.1) is 0 Å². The van der Waals surface area contributed by atoms with Gasteiger partial charge in [-0.25, -0.2) is 0 Å². The highest BCUT2D eigenvalue weighted by molar-refractivity contribution is 5.28. The van der Waals surface area contributed by atoms with Gasteiger partial charge in [-0.1, -0.05) is 29.8 Å². The molecule has 2 N–H and O–H groups in total. The fourth-order valence-corrected chi connectivity index (χ4v) is 2.07. The molecule has 0 spiro atoms. The summed E-state index contributed by atoms with van der Waals surface area (Å²) in [5.41, 5.74) is 1.61. The normalized spacial score (nSPS) is 27.6. The Kier molecular flexibility index (Phi) is 2.57. The van der Waals surface area contributed by atoms with E-state index in [1.807, 2.05) is 12.1 Å². The summed E-state index contributed by atoms with van der Waals surface area (Å²) in [7, 11) is 0. The summed E-state index contributed by atoms with van der Waals surface area (Å²) in [6.07, 6.45) is 1.91. The molecule has 2 heteroatoms. The summed E-state index contributed by atoms with van der Waals surface area (Å²) in [6.45, 7) is 3.76. The lowest BCUT2D eigenvalue weighted by Gasteiger charge is -2.33. The van der Waals surface area contributed by atoms with E-state index in [4.69, 9.17) is 0 Å². The molecule has 0 radical (unpaired) electrons. The number of benzene rings is 1. The van der Waals surface area contributed by atoms with Crippen molar-refractivity contribution in [2.75, 3.05) is 13.1 Å². The van der Waals surface area contributed by atoms with Crippen molar-refractivity contribution >= 4 is 0 Å². The van der Waals surface area contributed by atoms with Crippen LogP contribution < -0.4 is 5.32 Å². The Labute approximate surface area is 85.0 Å². The maximum Gasteiger partial charge on any atom is 0.102 e. The average Bonchev–Trinajstić information content (AvgIpc) is 2.19. The minimum atomic E-state index is -0.649. The minimum absolute atomic E-state index is 0.649. The monoisotopic (exact) mass is 191 g/mol. The number of β-amino-alcohol motifs (C(OH)–C–C–N with tert-alkyl or cyclic N) is 1. The van der Waals surface area contributed by atoms with Gasteiger partial charge >= 0.3 is 0 Å². The zero-order chi connectivity index (χ0) is 10.0. The highest BCUT2D eigenvalue weighted by Gasteiger charge is 2.30. The predicted molar refractivity (Wildman–Crippen MR) is 57.2 cm³/mol. The molecule has 0 bridgehead atoms. The van der Waals surface area contributed by atoms with Crippen molar-refractivity contribution in [1.82, 2.24) is 5.32 Å². The summed E-state index contributed by atoms with van der Waals surface area (Å²) in [4.78, 5) is 0. The van der Waals surface area contributed by atoms with Crippen LogP contribution >= 0.6 is 0 Å². The minimum Gasteiger partial charge on any atom is -0.384 e. The first-order valence-corrected chi connectivity index (χ1v) is 5.21. The third-order valence-electron chi connectivity index (χ3n) is 2.92. The molecule has 1 heterocycles. The number of hydrogen-bond donors (Lipinski definition) is 2. The number of piperidine rings is 1. The van der Waals surface area contributed by atoms with E-state index in [1.54, 1.807) is 0 Å². The third kappa shape index (κ3) is 1.81. The first-order valence-electron chi connectivity index (χ1n) is 5.21. The molecule has 2 nitrogen and oxygen atoms in total. The van der Waals surface area contributed by atoms with Gasteiger partial charge in [0.15, 0.2) is 0 Å².